The third kappa shape index (κ3) is 7.55. The van der Waals surface area contributed by atoms with Crippen LogP contribution < -0.4 is 0 Å². The summed E-state index contributed by atoms with van der Waals surface area (Å²) in [6.45, 7) is 0.911. The normalized spacial score (nSPS) is 10.2. The van der Waals surface area contributed by atoms with Crippen molar-refractivity contribution >= 4 is 23.6 Å². The Kier molecular flexibility index (Phi) is 8.40. The van der Waals surface area contributed by atoms with Gasteiger partial charge < -0.3 is 10.0 Å². The summed E-state index contributed by atoms with van der Waals surface area (Å²) in [4.78, 5) is 25.1. The van der Waals surface area contributed by atoms with Gasteiger partial charge in [-0.3, -0.25) is 9.59 Å². The number of carboxylic acids is 1. The van der Waals surface area contributed by atoms with E-state index in [0.717, 1.165) is 11.1 Å². The predicted molar refractivity (Wildman–Crippen MR) is 106 cm³/mol. The highest BCUT2D eigenvalue weighted by Gasteiger charge is 2.14. The van der Waals surface area contributed by atoms with Crippen LogP contribution in [0.15, 0.2) is 54.6 Å². The summed E-state index contributed by atoms with van der Waals surface area (Å²) in [5.41, 5.74) is 2.71. The lowest BCUT2D eigenvalue weighted by Crippen LogP contribution is -2.33. The predicted octanol–water partition coefficient (Wildman–Crippen LogP) is 3.69. The minimum absolute atomic E-state index is 0.00267. The molecule has 140 valence electrons. The smallest absolute Gasteiger partial charge is 0.303 e. The van der Waals surface area contributed by atoms with Gasteiger partial charge in [-0.25, -0.2) is 0 Å². The molecule has 0 aromatic heterocycles. The van der Waals surface area contributed by atoms with Gasteiger partial charge in [0.1, 0.15) is 0 Å². The first-order chi connectivity index (χ1) is 13.1. The number of carbonyl (C=O) groups excluding carboxylic acids is 1. The van der Waals surface area contributed by atoms with Crippen molar-refractivity contribution in [3.05, 3.63) is 71.3 Å². The van der Waals surface area contributed by atoms with E-state index in [9.17, 15) is 9.59 Å². The fourth-order valence-corrected chi connectivity index (χ4v) is 3.43. The Morgan fingerprint density at radius 2 is 1.74 bits per heavy atom. The van der Waals surface area contributed by atoms with Crippen LogP contribution in [0.25, 0.3) is 0 Å². The zero-order valence-electron chi connectivity index (χ0n) is 15.0. The second kappa shape index (κ2) is 11.0. The van der Waals surface area contributed by atoms with Gasteiger partial charge in [-0.1, -0.05) is 42.5 Å². The summed E-state index contributed by atoms with van der Waals surface area (Å²) in [7, 11) is 0. The van der Waals surface area contributed by atoms with E-state index in [2.05, 4.69) is 6.07 Å². The quantitative estimate of drug-likeness (QED) is 0.678. The number of carbonyl (C=O) groups is 2. The van der Waals surface area contributed by atoms with Gasteiger partial charge in [0, 0.05) is 25.3 Å². The lowest BCUT2D eigenvalue weighted by atomic mass is 10.2. The van der Waals surface area contributed by atoms with E-state index in [-0.39, 0.29) is 12.3 Å². The van der Waals surface area contributed by atoms with E-state index < -0.39 is 5.97 Å². The lowest BCUT2D eigenvalue weighted by molar-refractivity contribution is -0.138. The monoisotopic (exact) mass is 382 g/mol. The van der Waals surface area contributed by atoms with Gasteiger partial charge >= 0.3 is 5.97 Å². The summed E-state index contributed by atoms with van der Waals surface area (Å²) in [6.07, 6.45) is 0.491. The molecule has 0 unspecified atom stereocenters. The average molecular weight is 382 g/mol. The van der Waals surface area contributed by atoms with Crippen LogP contribution in [0.5, 0.6) is 0 Å². The number of nitrogens with zero attached hydrogens (tertiary/aromatic N) is 2. The second-order valence-electron chi connectivity index (χ2n) is 6.10. The first-order valence-electron chi connectivity index (χ1n) is 8.69. The van der Waals surface area contributed by atoms with Crippen molar-refractivity contribution in [2.45, 2.75) is 25.1 Å². The molecule has 1 amide bonds. The Hall–Kier alpha value is -2.78. The molecular formula is C21H22N2O3S. The Bertz CT molecular complexity index is 785. The van der Waals surface area contributed by atoms with Crippen LogP contribution in [0.3, 0.4) is 0 Å². The Balaban J connectivity index is 1.88. The van der Waals surface area contributed by atoms with Crippen LogP contribution in [-0.2, 0) is 21.9 Å². The van der Waals surface area contributed by atoms with E-state index in [4.69, 9.17) is 10.4 Å². The summed E-state index contributed by atoms with van der Waals surface area (Å²) >= 11 is 1.52. The zero-order valence-corrected chi connectivity index (χ0v) is 15.8. The molecule has 0 aliphatic carbocycles. The van der Waals surface area contributed by atoms with Crippen molar-refractivity contribution in [1.82, 2.24) is 4.90 Å². The standard InChI is InChI=1S/C21H22N2O3S/c22-13-17-8-10-19(11-9-17)15-27-16-20(24)23(12-4-7-21(25)26)14-18-5-2-1-3-6-18/h1-3,5-6,8-11H,4,7,12,14-16H2,(H,25,26). The van der Waals surface area contributed by atoms with E-state index in [1.54, 1.807) is 17.0 Å². The molecule has 0 aliphatic heterocycles. The molecule has 0 radical (unpaired) electrons. The summed E-state index contributed by atoms with van der Waals surface area (Å²) < 4.78 is 0. The summed E-state index contributed by atoms with van der Waals surface area (Å²) in [5.74, 6) is 0.172. The van der Waals surface area contributed by atoms with E-state index >= 15 is 0 Å². The summed E-state index contributed by atoms with van der Waals surface area (Å²) in [5, 5.41) is 17.7. The van der Waals surface area contributed by atoms with Crippen molar-refractivity contribution < 1.29 is 14.7 Å². The molecule has 0 saturated carbocycles. The third-order valence-corrected chi connectivity index (χ3v) is 4.95. The molecule has 0 aliphatic rings. The van der Waals surface area contributed by atoms with Crippen molar-refractivity contribution in [2.75, 3.05) is 12.3 Å². The molecule has 0 saturated heterocycles. The van der Waals surface area contributed by atoms with Crippen LogP contribution in [-0.4, -0.2) is 34.2 Å². The minimum atomic E-state index is -0.850. The highest BCUT2D eigenvalue weighted by Crippen LogP contribution is 2.15. The zero-order chi connectivity index (χ0) is 19.5. The van der Waals surface area contributed by atoms with E-state index in [0.29, 0.717) is 36.6 Å². The molecule has 0 fully saturated rings. The van der Waals surface area contributed by atoms with Gasteiger partial charge in [-0.05, 0) is 29.7 Å². The van der Waals surface area contributed by atoms with Gasteiger partial charge in [-0.15, -0.1) is 11.8 Å². The molecule has 2 rings (SSSR count). The number of benzene rings is 2. The Morgan fingerprint density at radius 3 is 2.37 bits per heavy atom. The van der Waals surface area contributed by atoms with Crippen LogP contribution in [0.2, 0.25) is 0 Å². The molecule has 1 N–H and O–H groups in total. The van der Waals surface area contributed by atoms with E-state index in [1.807, 2.05) is 42.5 Å². The van der Waals surface area contributed by atoms with Crippen molar-refractivity contribution in [2.24, 2.45) is 0 Å². The molecule has 2 aromatic carbocycles. The number of carboxylic acid groups (broad SMARTS) is 1. The Morgan fingerprint density at radius 1 is 1.04 bits per heavy atom. The highest BCUT2D eigenvalue weighted by atomic mass is 32.2. The number of amides is 1. The van der Waals surface area contributed by atoms with Crippen LogP contribution >= 0.6 is 11.8 Å². The fourth-order valence-electron chi connectivity index (χ4n) is 2.54. The van der Waals surface area contributed by atoms with Gasteiger partial charge in [0.25, 0.3) is 0 Å². The SMILES string of the molecule is N#Cc1ccc(CSCC(=O)N(CCCC(=O)O)Cc2ccccc2)cc1. The number of hydrogen-bond acceptors (Lipinski definition) is 4. The lowest BCUT2D eigenvalue weighted by Gasteiger charge is -2.22. The molecule has 6 heteroatoms. The van der Waals surface area contributed by atoms with Crippen molar-refractivity contribution in [3.8, 4) is 6.07 Å². The fraction of sp³-hybridized carbons (Fsp3) is 0.286. The van der Waals surface area contributed by atoms with Crippen LogP contribution in [0, 0.1) is 11.3 Å². The number of rotatable bonds is 10. The summed E-state index contributed by atoms with van der Waals surface area (Å²) in [6, 6.07) is 19.1. The number of hydrogen-bond donors (Lipinski definition) is 1. The minimum Gasteiger partial charge on any atom is -0.481 e. The van der Waals surface area contributed by atoms with Gasteiger partial charge in [0.15, 0.2) is 0 Å². The van der Waals surface area contributed by atoms with Crippen LogP contribution in [0.4, 0.5) is 0 Å². The highest BCUT2D eigenvalue weighted by molar-refractivity contribution is 7.99. The first kappa shape index (κ1) is 20.5. The molecule has 0 heterocycles. The number of nitriles is 1. The molecule has 0 spiro atoms. The maximum atomic E-state index is 12.6. The maximum absolute atomic E-state index is 12.6. The van der Waals surface area contributed by atoms with Crippen LogP contribution in [0.1, 0.15) is 29.5 Å². The molecule has 5 nitrogen and oxygen atoms in total. The second-order valence-corrected chi connectivity index (χ2v) is 7.09. The van der Waals surface area contributed by atoms with Gasteiger partial charge in [-0.2, -0.15) is 5.26 Å². The Labute approximate surface area is 163 Å². The van der Waals surface area contributed by atoms with E-state index in [1.165, 1.54) is 11.8 Å². The first-order valence-corrected chi connectivity index (χ1v) is 9.84. The molecule has 2 aromatic rings. The topological polar surface area (TPSA) is 81.4 Å². The average Bonchev–Trinajstić information content (AvgIpc) is 2.68. The van der Waals surface area contributed by atoms with Crippen molar-refractivity contribution in [1.29, 1.82) is 5.26 Å². The maximum Gasteiger partial charge on any atom is 0.303 e. The van der Waals surface area contributed by atoms with Gasteiger partial charge in [0.2, 0.25) is 5.91 Å². The molecule has 0 atom stereocenters. The molecule has 0 bridgehead atoms. The molecular weight excluding hydrogens is 360 g/mol. The number of aliphatic carboxylic acids is 1. The largest absolute Gasteiger partial charge is 0.481 e. The third-order valence-electron chi connectivity index (χ3n) is 3.96. The van der Waals surface area contributed by atoms with Gasteiger partial charge in [0.05, 0.1) is 17.4 Å². The van der Waals surface area contributed by atoms with Crippen molar-refractivity contribution in [3.63, 3.8) is 0 Å². The number of thioether (sulfide) groups is 1. The molecule has 27 heavy (non-hydrogen) atoms.